The van der Waals surface area contributed by atoms with Crippen LogP contribution in [0, 0.1) is 0 Å². The molecule has 2 rings (SSSR count). The molecule has 1 aromatic heterocycles. The third-order valence-electron chi connectivity index (χ3n) is 3.49. The van der Waals surface area contributed by atoms with Gasteiger partial charge < -0.3 is 9.47 Å². The molecular weight excluding hydrogens is 364 g/mol. The first-order valence-corrected chi connectivity index (χ1v) is 9.80. The van der Waals surface area contributed by atoms with E-state index in [1.807, 2.05) is 24.3 Å². The zero-order valence-corrected chi connectivity index (χ0v) is 16.4. The maximum Gasteiger partial charge on any atom is 0.311 e. The zero-order valence-electron chi connectivity index (χ0n) is 15.6. The third kappa shape index (κ3) is 7.62. The van der Waals surface area contributed by atoms with Crippen LogP contribution in [0.4, 0.5) is 5.13 Å². The third-order valence-corrected chi connectivity index (χ3v) is 4.29. The van der Waals surface area contributed by atoms with Crippen molar-refractivity contribution in [3.8, 4) is 5.75 Å². The van der Waals surface area contributed by atoms with Crippen molar-refractivity contribution in [2.45, 2.75) is 33.1 Å². The van der Waals surface area contributed by atoms with E-state index in [0.717, 1.165) is 24.2 Å². The Labute approximate surface area is 163 Å². The summed E-state index contributed by atoms with van der Waals surface area (Å²) in [5, 5.41) is 4.87. The number of hydrogen-bond donors (Lipinski definition) is 1. The Hall–Kier alpha value is -2.67. The summed E-state index contributed by atoms with van der Waals surface area (Å²) < 4.78 is 10.5. The van der Waals surface area contributed by atoms with Crippen LogP contribution in [0.3, 0.4) is 0 Å². The van der Waals surface area contributed by atoms with Gasteiger partial charge in [-0.05, 0) is 37.1 Å². The highest BCUT2D eigenvalue weighted by atomic mass is 32.1. The first kappa shape index (κ1) is 20.6. The average Bonchev–Trinajstić information content (AvgIpc) is 3.08. The van der Waals surface area contributed by atoms with Gasteiger partial charge in [0.15, 0.2) is 5.13 Å². The van der Waals surface area contributed by atoms with E-state index in [4.69, 9.17) is 9.47 Å². The van der Waals surface area contributed by atoms with E-state index in [1.165, 1.54) is 17.4 Å². The number of benzene rings is 1. The summed E-state index contributed by atoms with van der Waals surface area (Å²) in [5.41, 5.74) is 1.48. The smallest absolute Gasteiger partial charge is 0.311 e. The van der Waals surface area contributed by atoms with E-state index in [0.29, 0.717) is 24.0 Å². The van der Waals surface area contributed by atoms with Crippen LogP contribution in [0.2, 0.25) is 0 Å². The van der Waals surface area contributed by atoms with Crippen LogP contribution < -0.4 is 10.1 Å². The summed E-state index contributed by atoms with van der Waals surface area (Å²) in [6.07, 6.45) is 5.39. The van der Waals surface area contributed by atoms with Crippen molar-refractivity contribution in [1.82, 2.24) is 4.98 Å². The minimum absolute atomic E-state index is 0.0999. The number of unbranched alkanes of at least 4 members (excludes halogenated alkanes) is 1. The van der Waals surface area contributed by atoms with Crippen LogP contribution >= 0.6 is 11.3 Å². The summed E-state index contributed by atoms with van der Waals surface area (Å²) in [7, 11) is 0. The molecule has 0 aliphatic heterocycles. The minimum atomic E-state index is -0.331. The maximum absolute atomic E-state index is 12.0. The SMILES string of the molecule is CCCCOc1ccc(C=CC(=O)Nc2nc(CC(=O)OCC)cs2)cc1. The van der Waals surface area contributed by atoms with Gasteiger partial charge in [-0.25, -0.2) is 4.98 Å². The van der Waals surface area contributed by atoms with Gasteiger partial charge in [-0.1, -0.05) is 25.5 Å². The molecule has 1 N–H and O–H groups in total. The number of ether oxygens (including phenoxy) is 2. The standard InChI is InChI=1S/C20H24N2O4S/c1-3-5-12-26-17-9-6-15(7-10-17)8-11-18(23)22-20-21-16(14-27-20)13-19(24)25-4-2/h6-11,14H,3-5,12-13H2,1-2H3,(H,21,22,23). The lowest BCUT2D eigenvalue weighted by Crippen LogP contribution is -2.09. The molecule has 2 aromatic rings. The number of rotatable bonds is 10. The van der Waals surface area contributed by atoms with Crippen LogP contribution in [0.5, 0.6) is 5.75 Å². The van der Waals surface area contributed by atoms with Crippen molar-refractivity contribution in [3.63, 3.8) is 0 Å². The molecule has 0 bridgehead atoms. The number of anilines is 1. The number of carbonyl (C=O) groups excluding carboxylic acids is 2. The Morgan fingerprint density at radius 3 is 2.70 bits per heavy atom. The zero-order chi connectivity index (χ0) is 19.5. The molecule has 7 heteroatoms. The normalized spacial score (nSPS) is 10.7. The number of amides is 1. The highest BCUT2D eigenvalue weighted by Gasteiger charge is 2.09. The van der Waals surface area contributed by atoms with Gasteiger partial charge in [0.1, 0.15) is 5.75 Å². The van der Waals surface area contributed by atoms with E-state index >= 15 is 0 Å². The maximum atomic E-state index is 12.0. The fraction of sp³-hybridized carbons (Fsp3) is 0.350. The predicted octanol–water partition coefficient (Wildman–Crippen LogP) is 4.08. The molecule has 144 valence electrons. The molecule has 0 aliphatic carbocycles. The van der Waals surface area contributed by atoms with Gasteiger partial charge in [-0.3, -0.25) is 14.9 Å². The van der Waals surface area contributed by atoms with Gasteiger partial charge in [0.2, 0.25) is 5.91 Å². The number of thiazole rings is 1. The number of hydrogen-bond acceptors (Lipinski definition) is 6. The van der Waals surface area contributed by atoms with Gasteiger partial charge in [0, 0.05) is 11.5 Å². The number of nitrogens with zero attached hydrogens (tertiary/aromatic N) is 1. The summed E-state index contributed by atoms with van der Waals surface area (Å²) in [6.45, 7) is 4.92. The largest absolute Gasteiger partial charge is 0.494 e. The average molecular weight is 388 g/mol. The van der Waals surface area contributed by atoms with Crippen molar-refractivity contribution in [1.29, 1.82) is 0 Å². The molecule has 1 amide bonds. The fourth-order valence-corrected chi connectivity index (χ4v) is 2.85. The second kappa shape index (κ2) is 11.1. The Balaban J connectivity index is 1.82. The lowest BCUT2D eigenvalue weighted by Gasteiger charge is -2.05. The van der Waals surface area contributed by atoms with Crippen molar-refractivity contribution in [3.05, 3.63) is 47.0 Å². The first-order valence-electron chi connectivity index (χ1n) is 8.92. The van der Waals surface area contributed by atoms with Crippen LogP contribution in [0.25, 0.3) is 6.08 Å². The van der Waals surface area contributed by atoms with E-state index in [-0.39, 0.29) is 18.3 Å². The second-order valence-electron chi connectivity index (χ2n) is 5.72. The summed E-state index contributed by atoms with van der Waals surface area (Å²) >= 11 is 1.27. The molecule has 0 aliphatic rings. The Morgan fingerprint density at radius 1 is 1.22 bits per heavy atom. The van der Waals surface area contributed by atoms with Crippen LogP contribution in [0.15, 0.2) is 35.7 Å². The van der Waals surface area contributed by atoms with Gasteiger partial charge >= 0.3 is 5.97 Å². The lowest BCUT2D eigenvalue weighted by atomic mass is 10.2. The summed E-state index contributed by atoms with van der Waals surface area (Å²) in [4.78, 5) is 27.7. The summed E-state index contributed by atoms with van der Waals surface area (Å²) in [6, 6.07) is 7.56. The molecule has 0 atom stereocenters. The predicted molar refractivity (Wildman–Crippen MR) is 107 cm³/mol. The fourth-order valence-electron chi connectivity index (χ4n) is 2.13. The quantitative estimate of drug-likeness (QED) is 0.377. The molecule has 1 heterocycles. The topological polar surface area (TPSA) is 77.5 Å². The van der Waals surface area contributed by atoms with Crippen molar-refractivity contribution < 1.29 is 19.1 Å². The van der Waals surface area contributed by atoms with E-state index < -0.39 is 0 Å². The Bertz CT molecular complexity index is 769. The Kier molecular flexibility index (Phi) is 8.51. The molecule has 0 radical (unpaired) electrons. The highest BCUT2D eigenvalue weighted by molar-refractivity contribution is 7.14. The molecular formula is C20H24N2O4S. The van der Waals surface area contributed by atoms with Gasteiger partial charge in [-0.15, -0.1) is 11.3 Å². The minimum Gasteiger partial charge on any atom is -0.494 e. The van der Waals surface area contributed by atoms with Crippen molar-refractivity contribution in [2.75, 3.05) is 18.5 Å². The number of nitrogens with one attached hydrogen (secondary N) is 1. The van der Waals surface area contributed by atoms with Gasteiger partial charge in [0.05, 0.1) is 25.3 Å². The molecule has 1 aromatic carbocycles. The molecule has 27 heavy (non-hydrogen) atoms. The number of aromatic nitrogens is 1. The van der Waals surface area contributed by atoms with Crippen molar-refractivity contribution >= 4 is 34.4 Å². The van der Waals surface area contributed by atoms with Crippen LogP contribution in [-0.4, -0.2) is 30.1 Å². The second-order valence-corrected chi connectivity index (χ2v) is 6.58. The highest BCUT2D eigenvalue weighted by Crippen LogP contribution is 2.17. The molecule has 0 fully saturated rings. The molecule has 0 saturated carbocycles. The van der Waals surface area contributed by atoms with Gasteiger partial charge in [-0.2, -0.15) is 0 Å². The number of carbonyl (C=O) groups is 2. The van der Waals surface area contributed by atoms with Crippen molar-refractivity contribution in [2.24, 2.45) is 0 Å². The monoisotopic (exact) mass is 388 g/mol. The van der Waals surface area contributed by atoms with E-state index in [2.05, 4.69) is 17.2 Å². The lowest BCUT2D eigenvalue weighted by molar-refractivity contribution is -0.142. The van der Waals surface area contributed by atoms with E-state index in [9.17, 15) is 9.59 Å². The molecule has 0 saturated heterocycles. The first-order chi connectivity index (χ1) is 13.1. The molecule has 6 nitrogen and oxygen atoms in total. The number of esters is 1. The molecule has 0 spiro atoms. The molecule has 0 unspecified atom stereocenters. The van der Waals surface area contributed by atoms with Crippen LogP contribution in [-0.2, 0) is 20.7 Å². The summed E-state index contributed by atoms with van der Waals surface area (Å²) in [5.74, 6) is 0.208. The Morgan fingerprint density at radius 2 is 2.00 bits per heavy atom. The van der Waals surface area contributed by atoms with E-state index in [1.54, 1.807) is 18.4 Å². The van der Waals surface area contributed by atoms with Crippen LogP contribution in [0.1, 0.15) is 37.9 Å². The van der Waals surface area contributed by atoms with Gasteiger partial charge in [0.25, 0.3) is 0 Å².